The molecule has 0 aliphatic heterocycles. The van der Waals surface area contributed by atoms with Crippen LogP contribution in [0.5, 0.6) is 0 Å². The number of hydrogen-bond donors (Lipinski definition) is 1. The zero-order valence-corrected chi connectivity index (χ0v) is 12.0. The highest BCUT2D eigenvalue weighted by molar-refractivity contribution is 6.30. The van der Waals surface area contributed by atoms with Gasteiger partial charge >= 0.3 is 0 Å². The van der Waals surface area contributed by atoms with E-state index in [0.29, 0.717) is 5.92 Å². The van der Waals surface area contributed by atoms with Gasteiger partial charge < -0.3 is 5.32 Å². The molecule has 1 aliphatic carbocycles. The van der Waals surface area contributed by atoms with E-state index in [2.05, 4.69) is 47.8 Å². The summed E-state index contributed by atoms with van der Waals surface area (Å²) < 4.78 is 0. The highest BCUT2D eigenvalue weighted by atomic mass is 35.5. The van der Waals surface area contributed by atoms with E-state index in [1.54, 1.807) is 0 Å². The van der Waals surface area contributed by atoms with Crippen LogP contribution in [0.15, 0.2) is 60.2 Å². The van der Waals surface area contributed by atoms with E-state index in [4.69, 9.17) is 11.6 Å². The molecule has 19 heavy (non-hydrogen) atoms. The summed E-state index contributed by atoms with van der Waals surface area (Å²) >= 11 is 5.98. The fourth-order valence-electron chi connectivity index (χ4n) is 2.36. The molecule has 1 unspecified atom stereocenters. The van der Waals surface area contributed by atoms with Gasteiger partial charge in [0, 0.05) is 10.9 Å². The molecule has 0 radical (unpaired) electrons. The molecule has 0 heterocycles. The van der Waals surface area contributed by atoms with Crippen molar-refractivity contribution < 1.29 is 0 Å². The maximum atomic E-state index is 5.98. The second-order valence-corrected chi connectivity index (χ2v) is 5.16. The second-order valence-electron chi connectivity index (χ2n) is 4.72. The summed E-state index contributed by atoms with van der Waals surface area (Å²) in [6.07, 6.45) is 13.1. The number of rotatable bonds is 5. The Morgan fingerprint density at radius 2 is 2.00 bits per heavy atom. The van der Waals surface area contributed by atoms with Crippen LogP contribution in [0, 0.1) is 0 Å². The lowest BCUT2D eigenvalue weighted by molar-refractivity contribution is 0.660. The number of allylic oxidation sites excluding steroid dienone is 6. The molecule has 0 amide bonds. The number of benzene rings is 1. The average Bonchev–Trinajstić information content (AvgIpc) is 2.70. The second kappa shape index (κ2) is 7.32. The van der Waals surface area contributed by atoms with E-state index >= 15 is 0 Å². The van der Waals surface area contributed by atoms with Crippen molar-refractivity contribution in [3.05, 3.63) is 70.8 Å². The van der Waals surface area contributed by atoms with Crippen LogP contribution >= 0.6 is 11.6 Å². The van der Waals surface area contributed by atoms with Gasteiger partial charge in [0.2, 0.25) is 0 Å². The lowest BCUT2D eigenvalue weighted by atomic mass is 9.87. The summed E-state index contributed by atoms with van der Waals surface area (Å²) in [6, 6.07) is 8.22. The van der Waals surface area contributed by atoms with Crippen LogP contribution in [0.25, 0.3) is 0 Å². The van der Waals surface area contributed by atoms with E-state index in [0.717, 1.165) is 24.4 Å². The van der Waals surface area contributed by atoms with Gasteiger partial charge in [-0.2, -0.15) is 0 Å². The summed E-state index contributed by atoms with van der Waals surface area (Å²) in [5.74, 6) is 0.431. The summed E-state index contributed by atoms with van der Waals surface area (Å²) in [6.45, 7) is 1.01. The molecule has 0 saturated carbocycles. The minimum atomic E-state index is 0.431. The molecular formula is C17H20ClN. The van der Waals surface area contributed by atoms with Crippen molar-refractivity contribution in [1.82, 2.24) is 5.32 Å². The molecule has 1 N–H and O–H groups in total. The van der Waals surface area contributed by atoms with Gasteiger partial charge in [-0.1, -0.05) is 54.1 Å². The van der Waals surface area contributed by atoms with Gasteiger partial charge in [0.15, 0.2) is 0 Å². The van der Waals surface area contributed by atoms with Gasteiger partial charge in [0.25, 0.3) is 0 Å². The Labute approximate surface area is 120 Å². The Morgan fingerprint density at radius 1 is 1.21 bits per heavy atom. The monoisotopic (exact) mass is 273 g/mol. The maximum Gasteiger partial charge on any atom is 0.0406 e. The molecule has 0 aromatic heterocycles. The van der Waals surface area contributed by atoms with Crippen molar-refractivity contribution in [2.75, 3.05) is 13.6 Å². The minimum Gasteiger partial charge on any atom is -0.320 e. The summed E-state index contributed by atoms with van der Waals surface area (Å²) in [7, 11) is 2.00. The summed E-state index contributed by atoms with van der Waals surface area (Å²) in [4.78, 5) is 0. The molecule has 100 valence electrons. The van der Waals surface area contributed by atoms with Gasteiger partial charge in [-0.3, -0.25) is 0 Å². The van der Waals surface area contributed by atoms with Crippen LogP contribution in [-0.2, 0) is 0 Å². The minimum absolute atomic E-state index is 0.431. The van der Waals surface area contributed by atoms with Crippen LogP contribution in [0.3, 0.4) is 0 Å². The third-order valence-electron chi connectivity index (χ3n) is 3.38. The first-order chi connectivity index (χ1) is 9.31. The van der Waals surface area contributed by atoms with E-state index in [1.807, 2.05) is 19.2 Å². The largest absolute Gasteiger partial charge is 0.320 e. The normalized spacial score (nSPS) is 16.0. The Balaban J connectivity index is 2.24. The first-order valence-corrected chi connectivity index (χ1v) is 7.12. The molecule has 1 nitrogen and oxygen atoms in total. The van der Waals surface area contributed by atoms with Crippen LogP contribution in [0.1, 0.15) is 24.3 Å². The molecule has 1 aromatic rings. The van der Waals surface area contributed by atoms with Crippen LogP contribution < -0.4 is 5.32 Å². The predicted molar refractivity (Wildman–Crippen MR) is 83.7 cm³/mol. The molecular weight excluding hydrogens is 254 g/mol. The van der Waals surface area contributed by atoms with E-state index < -0.39 is 0 Å². The van der Waals surface area contributed by atoms with E-state index in [9.17, 15) is 0 Å². The van der Waals surface area contributed by atoms with Crippen molar-refractivity contribution >= 4 is 11.6 Å². The van der Waals surface area contributed by atoms with Crippen molar-refractivity contribution in [3.8, 4) is 0 Å². The molecule has 1 aromatic carbocycles. The molecule has 0 spiro atoms. The standard InChI is InChI=1S/C17H20ClN/c1-19-13-12-17(14-6-4-2-3-5-7-14)15-8-10-16(18)11-9-15/h2-4,6-11,17,19H,5,12-13H2,1H3. The zero-order valence-electron chi connectivity index (χ0n) is 11.3. The molecule has 0 saturated heterocycles. The lowest BCUT2D eigenvalue weighted by Crippen LogP contribution is -2.13. The van der Waals surface area contributed by atoms with Gasteiger partial charge in [-0.15, -0.1) is 0 Å². The topological polar surface area (TPSA) is 12.0 Å². The van der Waals surface area contributed by atoms with Crippen molar-refractivity contribution in [2.24, 2.45) is 0 Å². The molecule has 2 rings (SSSR count). The van der Waals surface area contributed by atoms with Gasteiger partial charge in [0.05, 0.1) is 0 Å². The molecule has 1 atom stereocenters. The smallest absolute Gasteiger partial charge is 0.0406 e. The molecule has 0 fully saturated rings. The first kappa shape index (κ1) is 14.1. The average molecular weight is 274 g/mol. The predicted octanol–water partition coefficient (Wildman–Crippen LogP) is 4.48. The molecule has 1 aliphatic rings. The Hall–Kier alpha value is -1.31. The van der Waals surface area contributed by atoms with E-state index in [1.165, 1.54) is 11.1 Å². The Bertz CT molecular complexity index is 482. The van der Waals surface area contributed by atoms with Gasteiger partial charge in [-0.05, 0) is 49.7 Å². The highest BCUT2D eigenvalue weighted by Crippen LogP contribution is 2.30. The SMILES string of the molecule is CNCCC(C1=CCC=CC=C1)c1ccc(Cl)cc1. The maximum absolute atomic E-state index is 5.98. The van der Waals surface area contributed by atoms with Crippen LogP contribution in [0.4, 0.5) is 0 Å². The number of halogens is 1. The fourth-order valence-corrected chi connectivity index (χ4v) is 2.49. The summed E-state index contributed by atoms with van der Waals surface area (Å²) in [5, 5.41) is 4.04. The lowest BCUT2D eigenvalue weighted by Gasteiger charge is -2.19. The van der Waals surface area contributed by atoms with Crippen molar-refractivity contribution in [1.29, 1.82) is 0 Å². The number of hydrogen-bond acceptors (Lipinski definition) is 1. The van der Waals surface area contributed by atoms with Crippen LogP contribution in [-0.4, -0.2) is 13.6 Å². The number of nitrogens with one attached hydrogen (secondary N) is 1. The van der Waals surface area contributed by atoms with E-state index in [-0.39, 0.29) is 0 Å². The fraction of sp³-hybridized carbons (Fsp3) is 0.294. The Morgan fingerprint density at radius 3 is 2.74 bits per heavy atom. The zero-order chi connectivity index (χ0) is 13.5. The van der Waals surface area contributed by atoms with Crippen molar-refractivity contribution in [3.63, 3.8) is 0 Å². The van der Waals surface area contributed by atoms with Crippen molar-refractivity contribution in [2.45, 2.75) is 18.8 Å². The molecule has 2 heteroatoms. The summed E-state index contributed by atoms with van der Waals surface area (Å²) in [5.41, 5.74) is 2.72. The van der Waals surface area contributed by atoms with Crippen LogP contribution in [0.2, 0.25) is 5.02 Å². The Kier molecular flexibility index (Phi) is 5.44. The van der Waals surface area contributed by atoms with Gasteiger partial charge in [-0.25, -0.2) is 0 Å². The van der Waals surface area contributed by atoms with Gasteiger partial charge in [0.1, 0.15) is 0 Å². The molecule has 0 bridgehead atoms. The third-order valence-corrected chi connectivity index (χ3v) is 3.64. The quantitative estimate of drug-likeness (QED) is 0.834. The first-order valence-electron chi connectivity index (χ1n) is 6.74. The third kappa shape index (κ3) is 4.09. The highest BCUT2D eigenvalue weighted by Gasteiger charge is 2.14.